The van der Waals surface area contributed by atoms with Crippen LogP contribution in [0.4, 0.5) is 0 Å². The molecule has 0 aliphatic carbocycles. The lowest BCUT2D eigenvalue weighted by Crippen LogP contribution is -2.03. The normalized spacial score (nSPS) is 11.7. The van der Waals surface area contributed by atoms with Crippen LogP contribution in [-0.4, -0.2) is 21.5 Å². The molecule has 1 aromatic rings. The number of hydrogen-bond acceptors (Lipinski definition) is 2. The Labute approximate surface area is 85.1 Å². The Hall–Kier alpha value is -1.09. The molecular formula is C11H18N2O. The van der Waals surface area contributed by atoms with Crippen LogP contribution >= 0.6 is 0 Å². The molecule has 0 unspecified atom stereocenters. The van der Waals surface area contributed by atoms with E-state index in [2.05, 4.69) is 18.9 Å². The first-order valence-electron chi connectivity index (χ1n) is 5.02. The fourth-order valence-electron chi connectivity index (χ4n) is 1.23. The van der Waals surface area contributed by atoms with E-state index in [0.29, 0.717) is 12.3 Å². The van der Waals surface area contributed by atoms with Crippen molar-refractivity contribution < 1.29 is 5.11 Å². The molecule has 1 heterocycles. The van der Waals surface area contributed by atoms with Gasteiger partial charge in [-0.1, -0.05) is 26.0 Å². The molecule has 1 N–H and O–H groups in total. The van der Waals surface area contributed by atoms with Gasteiger partial charge < -0.3 is 5.11 Å². The molecule has 0 amide bonds. The van der Waals surface area contributed by atoms with Crippen LogP contribution in [0.3, 0.4) is 0 Å². The van der Waals surface area contributed by atoms with Crippen LogP contribution in [0.5, 0.6) is 0 Å². The minimum Gasteiger partial charge on any atom is -0.396 e. The van der Waals surface area contributed by atoms with Gasteiger partial charge in [-0.25, -0.2) is 0 Å². The summed E-state index contributed by atoms with van der Waals surface area (Å²) in [7, 11) is 0. The zero-order valence-corrected chi connectivity index (χ0v) is 8.85. The Morgan fingerprint density at radius 3 is 3.00 bits per heavy atom. The molecule has 14 heavy (non-hydrogen) atoms. The van der Waals surface area contributed by atoms with Crippen LogP contribution in [0.15, 0.2) is 18.5 Å². The van der Waals surface area contributed by atoms with Crippen LogP contribution in [-0.2, 0) is 6.54 Å². The Kier molecular flexibility index (Phi) is 4.40. The lowest BCUT2D eigenvalue weighted by atomic mass is 10.2. The maximum atomic E-state index is 8.60. The zero-order chi connectivity index (χ0) is 10.4. The van der Waals surface area contributed by atoms with Crippen LogP contribution in [0, 0.1) is 5.92 Å². The second-order valence-electron chi connectivity index (χ2n) is 3.80. The van der Waals surface area contributed by atoms with E-state index in [-0.39, 0.29) is 6.61 Å². The second-order valence-corrected chi connectivity index (χ2v) is 3.80. The lowest BCUT2D eigenvalue weighted by Gasteiger charge is -2.02. The van der Waals surface area contributed by atoms with Gasteiger partial charge >= 0.3 is 0 Å². The predicted molar refractivity (Wildman–Crippen MR) is 57.8 cm³/mol. The van der Waals surface area contributed by atoms with Crippen LogP contribution in [0.1, 0.15) is 25.8 Å². The van der Waals surface area contributed by atoms with Gasteiger partial charge in [0.1, 0.15) is 0 Å². The predicted octanol–water partition coefficient (Wildman–Crippen LogP) is 1.93. The molecule has 0 aromatic carbocycles. The number of aliphatic hydroxyl groups excluding tert-OH is 1. The maximum Gasteiger partial charge on any atom is 0.0562 e. The van der Waals surface area contributed by atoms with Crippen molar-refractivity contribution in [3.63, 3.8) is 0 Å². The SMILES string of the molecule is CC(C)Cn1cc(C=CCCO)cn1. The summed E-state index contributed by atoms with van der Waals surface area (Å²) >= 11 is 0. The Morgan fingerprint density at radius 1 is 1.57 bits per heavy atom. The third-order valence-corrected chi connectivity index (χ3v) is 1.81. The standard InChI is InChI=1S/C11H18N2O/c1-10(2)8-13-9-11(7-12-13)5-3-4-6-14/h3,5,7,9-10,14H,4,6,8H2,1-2H3. The van der Waals surface area contributed by atoms with Gasteiger partial charge in [0, 0.05) is 24.9 Å². The van der Waals surface area contributed by atoms with Crippen molar-refractivity contribution in [2.75, 3.05) is 6.61 Å². The quantitative estimate of drug-likeness (QED) is 0.777. The number of aliphatic hydroxyl groups is 1. The van der Waals surface area contributed by atoms with Crippen LogP contribution in [0.2, 0.25) is 0 Å². The fourth-order valence-corrected chi connectivity index (χ4v) is 1.23. The molecule has 0 aliphatic heterocycles. The van der Waals surface area contributed by atoms with E-state index >= 15 is 0 Å². The van der Waals surface area contributed by atoms with Crippen molar-refractivity contribution in [1.29, 1.82) is 0 Å². The van der Waals surface area contributed by atoms with Crippen molar-refractivity contribution in [3.8, 4) is 0 Å². The van der Waals surface area contributed by atoms with E-state index < -0.39 is 0 Å². The number of hydrogen-bond donors (Lipinski definition) is 1. The third-order valence-electron chi connectivity index (χ3n) is 1.81. The van der Waals surface area contributed by atoms with Gasteiger partial charge in [-0.2, -0.15) is 5.10 Å². The van der Waals surface area contributed by atoms with Gasteiger partial charge in [0.2, 0.25) is 0 Å². The molecule has 0 saturated carbocycles. The molecule has 0 radical (unpaired) electrons. The van der Waals surface area contributed by atoms with Crippen molar-refractivity contribution in [1.82, 2.24) is 9.78 Å². The second kappa shape index (κ2) is 5.60. The summed E-state index contributed by atoms with van der Waals surface area (Å²) < 4.78 is 1.95. The minimum absolute atomic E-state index is 0.205. The number of nitrogens with zero attached hydrogens (tertiary/aromatic N) is 2. The molecule has 3 nitrogen and oxygen atoms in total. The molecule has 3 heteroatoms. The van der Waals surface area contributed by atoms with Crippen molar-refractivity contribution in [2.24, 2.45) is 5.92 Å². The summed E-state index contributed by atoms with van der Waals surface area (Å²) in [6.45, 7) is 5.50. The molecule has 0 atom stereocenters. The monoisotopic (exact) mass is 194 g/mol. The highest BCUT2D eigenvalue weighted by molar-refractivity contribution is 5.46. The topological polar surface area (TPSA) is 38.0 Å². The lowest BCUT2D eigenvalue weighted by molar-refractivity contribution is 0.303. The number of rotatable bonds is 5. The van der Waals surface area contributed by atoms with Crippen LogP contribution < -0.4 is 0 Å². The average Bonchev–Trinajstić information content (AvgIpc) is 2.52. The molecule has 78 valence electrons. The fraction of sp³-hybridized carbons (Fsp3) is 0.545. The van der Waals surface area contributed by atoms with Gasteiger partial charge in [-0.05, 0) is 12.3 Å². The van der Waals surface area contributed by atoms with Crippen LogP contribution in [0.25, 0.3) is 6.08 Å². The maximum absolute atomic E-state index is 8.60. The van der Waals surface area contributed by atoms with Gasteiger partial charge in [0.05, 0.1) is 6.20 Å². The summed E-state index contributed by atoms with van der Waals surface area (Å²) in [6, 6.07) is 0. The highest BCUT2D eigenvalue weighted by atomic mass is 16.2. The summed E-state index contributed by atoms with van der Waals surface area (Å²) in [5, 5.41) is 12.8. The third kappa shape index (κ3) is 3.75. The minimum atomic E-state index is 0.205. The molecule has 1 rings (SSSR count). The largest absolute Gasteiger partial charge is 0.396 e. The molecule has 0 bridgehead atoms. The Bertz CT molecular complexity index is 289. The van der Waals surface area contributed by atoms with E-state index in [1.807, 2.05) is 29.2 Å². The van der Waals surface area contributed by atoms with Gasteiger partial charge in [-0.15, -0.1) is 0 Å². The summed E-state index contributed by atoms with van der Waals surface area (Å²) in [5.74, 6) is 0.615. The Balaban J connectivity index is 2.50. The van der Waals surface area contributed by atoms with Gasteiger partial charge in [0.25, 0.3) is 0 Å². The van der Waals surface area contributed by atoms with Gasteiger partial charge in [0.15, 0.2) is 0 Å². The summed E-state index contributed by atoms with van der Waals surface area (Å²) in [6.07, 6.45) is 8.51. The summed E-state index contributed by atoms with van der Waals surface area (Å²) in [4.78, 5) is 0. The van der Waals surface area contributed by atoms with E-state index in [1.165, 1.54) is 0 Å². The molecule has 1 aromatic heterocycles. The van der Waals surface area contributed by atoms with Crippen molar-refractivity contribution in [3.05, 3.63) is 24.0 Å². The van der Waals surface area contributed by atoms with E-state index in [4.69, 9.17) is 5.11 Å². The van der Waals surface area contributed by atoms with Gasteiger partial charge in [-0.3, -0.25) is 4.68 Å². The number of aromatic nitrogens is 2. The first-order chi connectivity index (χ1) is 6.72. The van der Waals surface area contributed by atoms with E-state index in [1.54, 1.807) is 0 Å². The van der Waals surface area contributed by atoms with Crippen molar-refractivity contribution >= 4 is 6.08 Å². The smallest absolute Gasteiger partial charge is 0.0562 e. The first kappa shape index (κ1) is 11.0. The first-order valence-corrected chi connectivity index (χ1v) is 5.02. The molecule has 0 spiro atoms. The highest BCUT2D eigenvalue weighted by Gasteiger charge is 1.97. The molecule has 0 fully saturated rings. The van der Waals surface area contributed by atoms with E-state index in [0.717, 1.165) is 12.1 Å². The molecular weight excluding hydrogens is 176 g/mol. The summed E-state index contributed by atoms with van der Waals surface area (Å²) in [5.41, 5.74) is 1.10. The molecule has 0 aliphatic rings. The van der Waals surface area contributed by atoms with Crippen molar-refractivity contribution in [2.45, 2.75) is 26.8 Å². The highest BCUT2D eigenvalue weighted by Crippen LogP contribution is 2.04. The average molecular weight is 194 g/mol. The van der Waals surface area contributed by atoms with E-state index in [9.17, 15) is 0 Å². The Morgan fingerprint density at radius 2 is 2.36 bits per heavy atom. The zero-order valence-electron chi connectivity index (χ0n) is 8.85. The molecule has 0 saturated heterocycles.